The van der Waals surface area contributed by atoms with Gasteiger partial charge in [-0.2, -0.15) is 0 Å². The van der Waals surface area contributed by atoms with E-state index in [1.54, 1.807) is 12.3 Å². The summed E-state index contributed by atoms with van der Waals surface area (Å²) in [5.41, 5.74) is 0.974. The summed E-state index contributed by atoms with van der Waals surface area (Å²) in [6, 6.07) is 10.1. The van der Waals surface area contributed by atoms with Crippen molar-refractivity contribution in [2.75, 3.05) is 0 Å². The second-order valence-corrected chi connectivity index (χ2v) is 8.70. The van der Waals surface area contributed by atoms with E-state index in [0.29, 0.717) is 22.6 Å². The Morgan fingerprint density at radius 2 is 1.88 bits per heavy atom. The van der Waals surface area contributed by atoms with Gasteiger partial charge in [-0.1, -0.05) is 67.8 Å². The number of hydrogen-bond acceptors (Lipinski definition) is 5. The average Bonchev–Trinajstić information content (AvgIpc) is 3.11. The summed E-state index contributed by atoms with van der Waals surface area (Å²) in [7, 11) is 0. The summed E-state index contributed by atoms with van der Waals surface area (Å²) in [4.78, 5) is 19.9. The van der Waals surface area contributed by atoms with E-state index in [2.05, 4.69) is 17.6 Å². The van der Waals surface area contributed by atoms with E-state index in [0.717, 1.165) is 18.4 Å². The van der Waals surface area contributed by atoms with Gasteiger partial charge in [0.1, 0.15) is 4.71 Å². The van der Waals surface area contributed by atoms with Crippen molar-refractivity contribution in [1.29, 1.82) is 0 Å². The fraction of sp³-hybridized carbons (Fsp3) is 0.400. The largest absolute Gasteiger partial charge is 0.437 e. The number of carbonyl (C=O) groups excluding carboxylic acids is 1. The predicted molar refractivity (Wildman–Crippen MR) is 109 cm³/mol. The number of benzene rings is 1. The van der Waals surface area contributed by atoms with Crippen LogP contribution in [0.4, 0.5) is 0 Å². The minimum atomic E-state index is -0.125. The van der Waals surface area contributed by atoms with Crippen molar-refractivity contribution >= 4 is 36.4 Å². The first-order valence-corrected chi connectivity index (χ1v) is 10.5. The van der Waals surface area contributed by atoms with E-state index in [9.17, 15) is 4.79 Å². The van der Waals surface area contributed by atoms with Gasteiger partial charge in [0, 0.05) is 17.7 Å². The van der Waals surface area contributed by atoms with Crippen molar-refractivity contribution < 1.29 is 9.21 Å². The summed E-state index contributed by atoms with van der Waals surface area (Å²) in [5.74, 6) is 1.22. The molecule has 1 aliphatic heterocycles. The molecule has 2 aliphatic rings. The predicted octanol–water partition coefficient (Wildman–Crippen LogP) is 5.19. The third kappa shape index (κ3) is 3.71. The lowest BCUT2D eigenvalue weighted by molar-refractivity contribution is -0.127. The lowest BCUT2D eigenvalue weighted by Gasteiger charge is -2.29. The van der Waals surface area contributed by atoms with Crippen molar-refractivity contribution in [1.82, 2.24) is 9.88 Å². The first-order valence-electron chi connectivity index (χ1n) is 9.13. The van der Waals surface area contributed by atoms with Gasteiger partial charge in [0.25, 0.3) is 5.91 Å². The molecule has 0 N–H and O–H groups in total. The molecule has 2 aromatic rings. The summed E-state index contributed by atoms with van der Waals surface area (Å²) in [5, 5.41) is 0. The fourth-order valence-corrected chi connectivity index (χ4v) is 5.25. The molecule has 2 fully saturated rings. The molecule has 1 aromatic carbocycles. The number of rotatable bonds is 3. The van der Waals surface area contributed by atoms with E-state index < -0.39 is 0 Å². The molecule has 136 valence electrons. The van der Waals surface area contributed by atoms with Crippen LogP contribution < -0.4 is 0 Å². The maximum absolute atomic E-state index is 12.9. The van der Waals surface area contributed by atoms with E-state index in [1.165, 1.54) is 37.4 Å². The zero-order chi connectivity index (χ0) is 17.9. The van der Waals surface area contributed by atoms with Crippen molar-refractivity contribution in [2.24, 2.45) is 0 Å². The van der Waals surface area contributed by atoms with Gasteiger partial charge >= 0.3 is 0 Å². The molecule has 4 nitrogen and oxygen atoms in total. The maximum Gasteiger partial charge on any atom is 0.262 e. The summed E-state index contributed by atoms with van der Waals surface area (Å²) < 4.78 is 5.69. The molecule has 1 aromatic heterocycles. The topological polar surface area (TPSA) is 46.3 Å². The van der Waals surface area contributed by atoms with Crippen LogP contribution >= 0.6 is 24.4 Å². The normalized spacial score (nSPS) is 23.6. The lowest BCUT2D eigenvalue weighted by atomic mass is 10.1. The van der Waals surface area contributed by atoms with Gasteiger partial charge in [-0.25, -0.2) is 4.98 Å². The molecule has 1 unspecified atom stereocenters. The number of hydrogen-bond donors (Lipinski definition) is 1. The van der Waals surface area contributed by atoms with Crippen molar-refractivity contribution in [3.8, 4) is 11.3 Å². The van der Waals surface area contributed by atoms with Crippen LogP contribution in [0.5, 0.6) is 0 Å². The first-order chi connectivity index (χ1) is 12.7. The molecule has 4 rings (SSSR count). The standard InChI is InChI=1S/C20H22N2O2S2/c23-19-17(26-20(25)22(19)15-10-6-1-2-7-11-15)12-18-21-13-16(24-18)14-8-4-3-5-9-14/h3-5,8-9,12-13,15,20,25H,1-2,6-7,10-11H2/b17-12-. The Morgan fingerprint density at radius 1 is 1.15 bits per heavy atom. The monoisotopic (exact) mass is 386 g/mol. The van der Waals surface area contributed by atoms with E-state index in [1.807, 2.05) is 35.2 Å². The Hall–Kier alpha value is -1.66. The number of carbonyl (C=O) groups is 1. The van der Waals surface area contributed by atoms with Crippen molar-refractivity contribution in [2.45, 2.75) is 49.3 Å². The minimum Gasteiger partial charge on any atom is -0.437 e. The molecule has 1 amide bonds. The molecule has 26 heavy (non-hydrogen) atoms. The van der Waals surface area contributed by atoms with Crippen LogP contribution in [0.25, 0.3) is 17.4 Å². The second-order valence-electron chi connectivity index (χ2n) is 6.74. The fourth-order valence-electron chi connectivity index (χ4n) is 3.63. The smallest absolute Gasteiger partial charge is 0.262 e. The number of amides is 1. The van der Waals surface area contributed by atoms with Crippen LogP contribution in [0.1, 0.15) is 44.4 Å². The van der Waals surface area contributed by atoms with Crippen molar-refractivity contribution in [3.63, 3.8) is 0 Å². The zero-order valence-electron chi connectivity index (χ0n) is 14.5. The average molecular weight is 387 g/mol. The first kappa shape index (κ1) is 17.7. The van der Waals surface area contributed by atoms with Gasteiger partial charge in [0.05, 0.1) is 11.1 Å². The van der Waals surface area contributed by atoms with Crippen LogP contribution in [0.3, 0.4) is 0 Å². The molecule has 1 saturated carbocycles. The molecule has 6 heteroatoms. The molecule has 0 spiro atoms. The highest BCUT2D eigenvalue weighted by Crippen LogP contribution is 2.41. The van der Waals surface area contributed by atoms with Gasteiger partial charge in [0.2, 0.25) is 5.89 Å². The zero-order valence-corrected chi connectivity index (χ0v) is 16.2. The van der Waals surface area contributed by atoms with Crippen LogP contribution in [0, 0.1) is 0 Å². The summed E-state index contributed by atoms with van der Waals surface area (Å²) in [6.45, 7) is 0. The molecule has 1 atom stereocenters. The highest BCUT2D eigenvalue weighted by atomic mass is 32.2. The molecule has 2 heterocycles. The SMILES string of the molecule is O=C1/C(=C/c2ncc(-c3ccccc3)o2)SC(S)N1C1CCCCCC1. The van der Waals surface area contributed by atoms with E-state index in [4.69, 9.17) is 4.42 Å². The molecule has 0 bridgehead atoms. The van der Waals surface area contributed by atoms with Crippen LogP contribution in [-0.2, 0) is 4.79 Å². The molecular weight excluding hydrogens is 364 g/mol. The Kier molecular flexibility index (Phi) is 5.41. The molecule has 0 radical (unpaired) electrons. The lowest BCUT2D eigenvalue weighted by Crippen LogP contribution is -2.39. The maximum atomic E-state index is 12.9. The number of thiol groups is 1. The Balaban J connectivity index is 1.53. The minimum absolute atomic E-state index is 0.0568. The number of oxazole rings is 1. The van der Waals surface area contributed by atoms with Crippen LogP contribution in [0.2, 0.25) is 0 Å². The van der Waals surface area contributed by atoms with Crippen LogP contribution in [-0.4, -0.2) is 26.5 Å². The van der Waals surface area contributed by atoms with Gasteiger partial charge in [-0.15, -0.1) is 12.6 Å². The number of aromatic nitrogens is 1. The molecule has 1 aliphatic carbocycles. The Bertz CT molecular complexity index is 795. The summed E-state index contributed by atoms with van der Waals surface area (Å²) >= 11 is 6.14. The van der Waals surface area contributed by atoms with Gasteiger partial charge < -0.3 is 9.32 Å². The summed E-state index contributed by atoms with van der Waals surface area (Å²) in [6.07, 6.45) is 10.5. The molecular formula is C20H22N2O2S2. The Labute approximate surface area is 163 Å². The quantitative estimate of drug-likeness (QED) is 0.448. The van der Waals surface area contributed by atoms with Gasteiger partial charge in [-0.3, -0.25) is 4.79 Å². The Morgan fingerprint density at radius 3 is 2.62 bits per heavy atom. The van der Waals surface area contributed by atoms with E-state index in [-0.39, 0.29) is 10.6 Å². The second kappa shape index (κ2) is 7.92. The third-order valence-electron chi connectivity index (χ3n) is 4.97. The molecule has 1 saturated heterocycles. The van der Waals surface area contributed by atoms with E-state index >= 15 is 0 Å². The van der Waals surface area contributed by atoms with Gasteiger partial charge in [0.15, 0.2) is 5.76 Å². The highest BCUT2D eigenvalue weighted by Gasteiger charge is 2.38. The van der Waals surface area contributed by atoms with Gasteiger partial charge in [-0.05, 0) is 12.8 Å². The van der Waals surface area contributed by atoms with Crippen molar-refractivity contribution in [3.05, 3.63) is 47.3 Å². The highest BCUT2D eigenvalue weighted by molar-refractivity contribution is 8.14. The number of nitrogens with zero attached hydrogens (tertiary/aromatic N) is 2. The van der Waals surface area contributed by atoms with Crippen LogP contribution in [0.15, 0.2) is 45.9 Å². The number of thioether (sulfide) groups is 1. The third-order valence-corrected chi connectivity index (χ3v) is 6.52.